The Bertz CT molecular complexity index is 1000. The molecule has 1 saturated heterocycles. The fourth-order valence-electron chi connectivity index (χ4n) is 4.10. The molecule has 1 amide bonds. The van der Waals surface area contributed by atoms with Crippen LogP contribution in [0.3, 0.4) is 0 Å². The molecule has 2 heterocycles. The molecule has 4 rings (SSSR count). The van der Waals surface area contributed by atoms with E-state index in [1.165, 1.54) is 0 Å². The molecule has 0 aliphatic carbocycles. The number of aliphatic hydroxyl groups is 1. The molecule has 1 aliphatic heterocycles. The number of ether oxygens (including phenoxy) is 1. The Balaban J connectivity index is 1.49. The summed E-state index contributed by atoms with van der Waals surface area (Å²) in [4.78, 5) is 18.0. The Kier molecular flexibility index (Phi) is 4.85. The fraction of sp³-hybridized carbons (Fsp3) is 0.348. The third kappa shape index (κ3) is 3.38. The van der Waals surface area contributed by atoms with E-state index >= 15 is 0 Å². The number of likely N-dealkylation sites (tertiary alicyclic amines) is 1. The number of nitrogens with one attached hydrogen (secondary N) is 1. The van der Waals surface area contributed by atoms with E-state index in [0.717, 1.165) is 27.8 Å². The number of nitrogens with zero attached hydrogens (tertiary/aromatic N) is 1. The molecular formula is C23H26N2O3. The van der Waals surface area contributed by atoms with Gasteiger partial charge >= 0.3 is 0 Å². The largest absolute Gasteiger partial charge is 0.494 e. The molecule has 28 heavy (non-hydrogen) atoms. The third-order valence-electron chi connectivity index (χ3n) is 5.66. The number of carbonyl (C=O) groups excluding carboxylic acids is 1. The zero-order valence-electron chi connectivity index (χ0n) is 16.4. The van der Waals surface area contributed by atoms with Crippen LogP contribution in [0.2, 0.25) is 0 Å². The predicted octanol–water partition coefficient (Wildman–Crippen LogP) is 4.00. The number of rotatable bonds is 4. The Morgan fingerprint density at radius 2 is 1.93 bits per heavy atom. The van der Waals surface area contributed by atoms with Crippen molar-refractivity contribution >= 4 is 16.8 Å². The molecule has 5 nitrogen and oxygen atoms in total. The number of benzene rings is 2. The number of aromatic nitrogens is 1. The van der Waals surface area contributed by atoms with Gasteiger partial charge in [0.15, 0.2) is 0 Å². The number of fused-ring (bicyclic) bond motifs is 1. The molecule has 2 N–H and O–H groups in total. The lowest BCUT2D eigenvalue weighted by Gasteiger charge is -2.39. The highest BCUT2D eigenvalue weighted by Crippen LogP contribution is 2.35. The lowest BCUT2D eigenvalue weighted by molar-refractivity contribution is -0.0216. The van der Waals surface area contributed by atoms with Crippen molar-refractivity contribution in [3.63, 3.8) is 0 Å². The van der Waals surface area contributed by atoms with Gasteiger partial charge in [-0.3, -0.25) is 4.79 Å². The summed E-state index contributed by atoms with van der Waals surface area (Å²) in [6.45, 7) is 5.64. The highest BCUT2D eigenvalue weighted by atomic mass is 16.5. The van der Waals surface area contributed by atoms with E-state index in [2.05, 4.69) is 4.98 Å². The van der Waals surface area contributed by atoms with E-state index in [1.54, 1.807) is 0 Å². The van der Waals surface area contributed by atoms with Crippen molar-refractivity contribution in [2.24, 2.45) is 0 Å². The van der Waals surface area contributed by atoms with Gasteiger partial charge in [-0.05, 0) is 62.1 Å². The average molecular weight is 378 g/mol. The van der Waals surface area contributed by atoms with E-state index in [4.69, 9.17) is 4.74 Å². The monoisotopic (exact) mass is 378 g/mol. The first kappa shape index (κ1) is 18.6. The van der Waals surface area contributed by atoms with Crippen LogP contribution in [0.15, 0.2) is 48.5 Å². The van der Waals surface area contributed by atoms with Crippen LogP contribution in [0.5, 0.6) is 5.75 Å². The molecule has 2 aromatic carbocycles. The van der Waals surface area contributed by atoms with Crippen molar-refractivity contribution in [3.8, 4) is 5.75 Å². The van der Waals surface area contributed by atoms with Crippen molar-refractivity contribution in [1.82, 2.24) is 9.88 Å². The van der Waals surface area contributed by atoms with Crippen LogP contribution in [-0.4, -0.2) is 40.6 Å². The molecule has 146 valence electrons. The van der Waals surface area contributed by atoms with Crippen molar-refractivity contribution in [3.05, 3.63) is 65.4 Å². The summed E-state index contributed by atoms with van der Waals surface area (Å²) in [5, 5.41) is 12.1. The van der Waals surface area contributed by atoms with E-state index in [9.17, 15) is 9.90 Å². The van der Waals surface area contributed by atoms with Gasteiger partial charge in [0.2, 0.25) is 0 Å². The first-order valence-corrected chi connectivity index (χ1v) is 9.83. The lowest BCUT2D eigenvalue weighted by atomic mass is 9.82. The number of aromatic amines is 1. The molecule has 1 fully saturated rings. The number of aryl methyl sites for hydroxylation is 1. The average Bonchev–Trinajstić information content (AvgIpc) is 3.12. The minimum atomic E-state index is -0.866. The summed E-state index contributed by atoms with van der Waals surface area (Å²) in [5.41, 5.74) is 2.68. The maximum Gasteiger partial charge on any atom is 0.270 e. The number of H-pyrrole nitrogens is 1. The summed E-state index contributed by atoms with van der Waals surface area (Å²) in [7, 11) is 0. The summed E-state index contributed by atoms with van der Waals surface area (Å²) in [6, 6.07) is 15.6. The second-order valence-electron chi connectivity index (χ2n) is 7.50. The van der Waals surface area contributed by atoms with Crippen molar-refractivity contribution in [1.29, 1.82) is 0 Å². The molecule has 0 atom stereocenters. The van der Waals surface area contributed by atoms with Crippen molar-refractivity contribution < 1.29 is 14.6 Å². The Morgan fingerprint density at radius 1 is 1.18 bits per heavy atom. The third-order valence-corrected chi connectivity index (χ3v) is 5.66. The zero-order valence-corrected chi connectivity index (χ0v) is 16.4. The van der Waals surface area contributed by atoms with Crippen molar-refractivity contribution in [2.75, 3.05) is 19.7 Å². The number of amides is 1. The molecule has 0 unspecified atom stereocenters. The maximum atomic E-state index is 13.0. The number of carbonyl (C=O) groups is 1. The SMILES string of the molecule is CCOc1ccc2[nH]c(C(=O)N3CCC(O)(c4ccccc4C)CC3)cc2c1. The van der Waals surface area contributed by atoms with Crippen LogP contribution >= 0.6 is 0 Å². The molecule has 0 radical (unpaired) electrons. The minimum Gasteiger partial charge on any atom is -0.494 e. The van der Waals surface area contributed by atoms with Gasteiger partial charge in [-0.25, -0.2) is 0 Å². The summed E-state index contributed by atoms with van der Waals surface area (Å²) >= 11 is 0. The fourth-order valence-corrected chi connectivity index (χ4v) is 4.10. The van der Waals surface area contributed by atoms with E-state index < -0.39 is 5.60 Å². The van der Waals surface area contributed by atoms with Crippen molar-refractivity contribution in [2.45, 2.75) is 32.3 Å². The summed E-state index contributed by atoms with van der Waals surface area (Å²) in [5.74, 6) is 0.773. The molecule has 1 aromatic heterocycles. The van der Waals surface area contributed by atoms with Gasteiger partial charge in [-0.2, -0.15) is 0 Å². The van der Waals surface area contributed by atoms with Crippen LogP contribution in [0, 0.1) is 6.92 Å². The summed E-state index contributed by atoms with van der Waals surface area (Å²) < 4.78 is 5.54. The molecule has 1 aliphatic rings. The van der Waals surface area contributed by atoms with Crippen LogP contribution < -0.4 is 4.74 Å². The van der Waals surface area contributed by atoms with Crippen LogP contribution in [0.25, 0.3) is 10.9 Å². The highest BCUT2D eigenvalue weighted by molar-refractivity contribution is 5.98. The topological polar surface area (TPSA) is 65.6 Å². The van der Waals surface area contributed by atoms with Gasteiger partial charge in [0.05, 0.1) is 12.2 Å². The van der Waals surface area contributed by atoms with Gasteiger partial charge in [-0.15, -0.1) is 0 Å². The van der Waals surface area contributed by atoms with E-state index in [0.29, 0.717) is 38.2 Å². The zero-order chi connectivity index (χ0) is 19.7. The number of piperidine rings is 1. The van der Waals surface area contributed by atoms with E-state index in [-0.39, 0.29) is 5.91 Å². The minimum absolute atomic E-state index is 0.0269. The van der Waals surface area contributed by atoms with Gasteiger partial charge < -0.3 is 19.7 Å². The molecule has 0 bridgehead atoms. The lowest BCUT2D eigenvalue weighted by Crippen LogP contribution is -2.45. The standard InChI is InChI=1S/C23H26N2O3/c1-3-28-18-8-9-20-17(14-18)15-21(24-20)22(26)25-12-10-23(27,11-13-25)19-7-5-4-6-16(19)2/h4-9,14-15,24,27H,3,10-13H2,1-2H3. The second-order valence-corrected chi connectivity index (χ2v) is 7.50. The van der Waals surface area contributed by atoms with Gasteiger partial charge in [0, 0.05) is 24.0 Å². The quantitative estimate of drug-likeness (QED) is 0.721. The van der Waals surface area contributed by atoms with Crippen LogP contribution in [0.1, 0.15) is 41.4 Å². The molecule has 5 heteroatoms. The second kappa shape index (κ2) is 7.32. The Labute approximate surface area is 164 Å². The molecule has 0 saturated carbocycles. The highest BCUT2D eigenvalue weighted by Gasteiger charge is 2.36. The van der Waals surface area contributed by atoms with Crippen LogP contribution in [0.4, 0.5) is 0 Å². The van der Waals surface area contributed by atoms with Gasteiger partial charge in [-0.1, -0.05) is 24.3 Å². The number of hydrogen-bond acceptors (Lipinski definition) is 3. The predicted molar refractivity (Wildman–Crippen MR) is 110 cm³/mol. The van der Waals surface area contributed by atoms with Crippen LogP contribution in [-0.2, 0) is 5.60 Å². The summed E-state index contributed by atoms with van der Waals surface area (Å²) in [6.07, 6.45) is 1.08. The smallest absolute Gasteiger partial charge is 0.270 e. The first-order valence-electron chi connectivity index (χ1n) is 9.83. The molecular weight excluding hydrogens is 352 g/mol. The van der Waals surface area contributed by atoms with Gasteiger partial charge in [0.25, 0.3) is 5.91 Å². The first-order chi connectivity index (χ1) is 13.5. The Hall–Kier alpha value is -2.79. The van der Waals surface area contributed by atoms with Gasteiger partial charge in [0.1, 0.15) is 11.4 Å². The normalized spacial score (nSPS) is 16.3. The number of hydrogen-bond donors (Lipinski definition) is 2. The Morgan fingerprint density at radius 3 is 2.64 bits per heavy atom. The molecule has 3 aromatic rings. The van der Waals surface area contributed by atoms with E-state index in [1.807, 2.05) is 67.3 Å². The maximum absolute atomic E-state index is 13.0. The molecule has 0 spiro atoms.